The summed E-state index contributed by atoms with van der Waals surface area (Å²) in [6.07, 6.45) is 89.4. The third-order valence-electron chi connectivity index (χ3n) is 18.5. The molecule has 0 aliphatic rings. The van der Waals surface area contributed by atoms with Crippen LogP contribution in [0.3, 0.4) is 0 Å². The maximum Gasteiger partial charge on any atom is 0.472 e. The van der Waals surface area contributed by atoms with Gasteiger partial charge in [0.1, 0.15) is 19.8 Å². The number of rotatable bonds is 76. The van der Waals surface area contributed by atoms with Crippen molar-refractivity contribution in [3.63, 3.8) is 0 Å². The van der Waals surface area contributed by atoms with Gasteiger partial charge in [0.2, 0.25) is 0 Å². The zero-order valence-corrected chi connectivity index (χ0v) is 61.6. The molecule has 0 heterocycles. The summed E-state index contributed by atoms with van der Waals surface area (Å²) in [6, 6.07) is 0. The number of carbonyl (C=O) groups excluding carboxylic acids is 2. The van der Waals surface area contributed by atoms with Crippen LogP contribution in [-0.4, -0.2) is 74.9 Å². The first-order valence-electron chi connectivity index (χ1n) is 39.9. The molecule has 0 aliphatic carbocycles. The van der Waals surface area contributed by atoms with E-state index in [2.05, 4.69) is 26.0 Å². The third-order valence-corrected chi connectivity index (χ3v) is 19.5. The molecule has 10 heteroatoms. The number of ether oxygens (including phenoxy) is 2. The fourth-order valence-corrected chi connectivity index (χ4v) is 13.2. The van der Waals surface area contributed by atoms with Gasteiger partial charge < -0.3 is 18.9 Å². The fraction of sp³-hybridized carbons (Fsp3) is 0.949. The molecule has 0 amide bonds. The SMILES string of the molecule is CCCCCCCCCC/C=C\CCCCCCCCCCCCCCCCCCCCCCCCCCCC(=O)OC(COC(=O)CCCCCCCCCCCCCCCCCCCCCCCCCCCCCC)COP(=O)(O)OCC[N+](C)(C)C. The molecule has 0 aliphatic heterocycles. The van der Waals surface area contributed by atoms with Crippen molar-refractivity contribution in [2.75, 3.05) is 47.5 Å². The summed E-state index contributed by atoms with van der Waals surface area (Å²) < 4.78 is 34.8. The van der Waals surface area contributed by atoms with Crippen molar-refractivity contribution in [3.05, 3.63) is 12.2 Å². The van der Waals surface area contributed by atoms with Gasteiger partial charge in [0.25, 0.3) is 0 Å². The molecule has 2 atom stereocenters. The number of likely N-dealkylation sites (N-methyl/N-ethyl adjacent to an activating group) is 1. The van der Waals surface area contributed by atoms with Crippen LogP contribution in [0.4, 0.5) is 0 Å². The molecular formula is C79H157NO8P+. The topological polar surface area (TPSA) is 108 Å². The molecule has 0 aromatic carbocycles. The van der Waals surface area contributed by atoms with E-state index in [1.807, 2.05) is 21.1 Å². The summed E-state index contributed by atoms with van der Waals surface area (Å²) in [4.78, 5) is 36.0. The van der Waals surface area contributed by atoms with Crippen molar-refractivity contribution in [2.24, 2.45) is 0 Å². The van der Waals surface area contributed by atoms with E-state index in [4.69, 9.17) is 18.5 Å². The smallest absolute Gasteiger partial charge is 0.462 e. The first-order valence-corrected chi connectivity index (χ1v) is 41.4. The maximum absolute atomic E-state index is 12.9. The number of quaternary nitrogens is 1. The second-order valence-corrected chi connectivity index (χ2v) is 30.3. The van der Waals surface area contributed by atoms with E-state index in [1.54, 1.807) is 0 Å². The molecule has 1 N–H and O–H groups in total. The van der Waals surface area contributed by atoms with Gasteiger partial charge in [-0.15, -0.1) is 0 Å². The Kier molecular flexibility index (Phi) is 70.1. The van der Waals surface area contributed by atoms with Crippen molar-refractivity contribution in [1.82, 2.24) is 0 Å². The van der Waals surface area contributed by atoms with E-state index in [9.17, 15) is 19.0 Å². The van der Waals surface area contributed by atoms with Crippen molar-refractivity contribution >= 4 is 19.8 Å². The monoisotopic (exact) mass is 1280 g/mol. The summed E-state index contributed by atoms with van der Waals surface area (Å²) in [7, 11) is 1.51. The Balaban J connectivity index is 3.89. The molecule has 2 unspecified atom stereocenters. The lowest BCUT2D eigenvalue weighted by Crippen LogP contribution is -2.37. The Hall–Kier alpha value is -1.25. The Morgan fingerprint density at radius 1 is 0.337 bits per heavy atom. The van der Waals surface area contributed by atoms with Crippen LogP contribution >= 0.6 is 7.82 Å². The van der Waals surface area contributed by atoms with Crippen molar-refractivity contribution < 1.29 is 42.1 Å². The average Bonchev–Trinajstić information content (AvgIpc) is 3.60. The van der Waals surface area contributed by atoms with Gasteiger partial charge in [0, 0.05) is 12.8 Å². The Morgan fingerprint density at radius 3 is 0.831 bits per heavy atom. The fourth-order valence-electron chi connectivity index (χ4n) is 12.4. The minimum atomic E-state index is -4.39. The second kappa shape index (κ2) is 71.1. The zero-order valence-electron chi connectivity index (χ0n) is 60.7. The normalized spacial score (nSPS) is 13.0. The van der Waals surface area contributed by atoms with Crippen LogP contribution < -0.4 is 0 Å². The number of carbonyl (C=O) groups is 2. The number of hydrogen-bond acceptors (Lipinski definition) is 7. The number of hydrogen-bond donors (Lipinski definition) is 1. The Morgan fingerprint density at radius 2 is 0.573 bits per heavy atom. The van der Waals surface area contributed by atoms with E-state index in [0.29, 0.717) is 17.4 Å². The van der Waals surface area contributed by atoms with E-state index < -0.39 is 26.5 Å². The van der Waals surface area contributed by atoms with E-state index >= 15 is 0 Å². The lowest BCUT2D eigenvalue weighted by Gasteiger charge is -2.24. The van der Waals surface area contributed by atoms with Gasteiger partial charge in [-0.1, -0.05) is 392 Å². The van der Waals surface area contributed by atoms with Gasteiger partial charge in [-0.3, -0.25) is 18.6 Å². The van der Waals surface area contributed by atoms with Crippen LogP contribution in [0.15, 0.2) is 12.2 Å². The van der Waals surface area contributed by atoms with Gasteiger partial charge in [-0.25, -0.2) is 4.57 Å². The number of allylic oxidation sites excluding steroid dienone is 2. The molecule has 0 saturated heterocycles. The highest BCUT2D eigenvalue weighted by Gasteiger charge is 2.27. The first kappa shape index (κ1) is 87.8. The second-order valence-electron chi connectivity index (χ2n) is 28.8. The Bertz CT molecular complexity index is 1500. The van der Waals surface area contributed by atoms with Crippen LogP contribution in [0.2, 0.25) is 0 Å². The number of unbranched alkanes of at least 4 members (excludes halogenated alkanes) is 60. The van der Waals surface area contributed by atoms with Gasteiger partial charge in [-0.2, -0.15) is 0 Å². The Labute approximate surface area is 556 Å². The van der Waals surface area contributed by atoms with Crippen molar-refractivity contribution in [2.45, 2.75) is 437 Å². The van der Waals surface area contributed by atoms with Crippen LogP contribution in [0.5, 0.6) is 0 Å². The molecule has 0 saturated carbocycles. The zero-order chi connectivity index (χ0) is 64.8. The highest BCUT2D eigenvalue weighted by molar-refractivity contribution is 7.47. The molecule has 9 nitrogen and oxygen atoms in total. The largest absolute Gasteiger partial charge is 0.472 e. The van der Waals surface area contributed by atoms with Crippen LogP contribution in [0.25, 0.3) is 0 Å². The molecule has 530 valence electrons. The summed E-state index contributed by atoms with van der Waals surface area (Å²) in [5.41, 5.74) is 0. The van der Waals surface area contributed by atoms with Gasteiger partial charge in [0.15, 0.2) is 6.10 Å². The molecule has 89 heavy (non-hydrogen) atoms. The summed E-state index contributed by atoms with van der Waals surface area (Å²) in [5, 5.41) is 0. The molecule has 0 fully saturated rings. The summed E-state index contributed by atoms with van der Waals surface area (Å²) in [5.74, 6) is -0.766. The highest BCUT2D eigenvalue weighted by Crippen LogP contribution is 2.43. The summed E-state index contributed by atoms with van der Waals surface area (Å²) in [6.45, 7) is 4.53. The lowest BCUT2D eigenvalue weighted by molar-refractivity contribution is -0.870. The van der Waals surface area contributed by atoms with Crippen molar-refractivity contribution in [1.29, 1.82) is 0 Å². The van der Waals surface area contributed by atoms with Gasteiger partial charge >= 0.3 is 19.8 Å². The minimum absolute atomic E-state index is 0.0371. The molecule has 0 bridgehead atoms. The van der Waals surface area contributed by atoms with Crippen LogP contribution in [-0.2, 0) is 32.7 Å². The molecular weight excluding hydrogens is 1120 g/mol. The van der Waals surface area contributed by atoms with Crippen LogP contribution in [0, 0.1) is 0 Å². The maximum atomic E-state index is 12.9. The predicted molar refractivity (Wildman–Crippen MR) is 386 cm³/mol. The standard InChI is InChI=1S/C79H156NO8P/c1-6-8-10-12-14-16-18-20-22-24-26-28-30-32-34-36-37-38-39-40-41-42-43-44-46-48-50-52-54-56-58-60-62-64-66-68-70-72-79(82)88-77(76-87-89(83,84)86-74-73-80(3,4)5)75-85-78(81)71-69-67-65-63-61-59-57-55-53-51-49-47-45-35-33-31-29-27-25-23-21-19-17-15-13-11-9-7-2/h24,26,77H,6-23,25,27-76H2,1-5H3/p+1/b26-24-. The summed E-state index contributed by atoms with van der Waals surface area (Å²) >= 11 is 0. The quantitative estimate of drug-likeness (QED) is 0.0211. The van der Waals surface area contributed by atoms with Crippen molar-refractivity contribution in [3.8, 4) is 0 Å². The number of nitrogens with zero attached hydrogens (tertiary/aromatic N) is 1. The molecule has 0 spiro atoms. The highest BCUT2D eigenvalue weighted by atomic mass is 31.2. The molecule has 0 aromatic rings. The molecule has 0 aromatic heterocycles. The van der Waals surface area contributed by atoms with E-state index in [-0.39, 0.29) is 25.6 Å². The first-order chi connectivity index (χ1) is 43.5. The number of phosphoric acid groups is 1. The molecule has 0 rings (SSSR count). The minimum Gasteiger partial charge on any atom is -0.462 e. The molecule has 0 radical (unpaired) electrons. The lowest BCUT2D eigenvalue weighted by atomic mass is 10.0. The van der Waals surface area contributed by atoms with Gasteiger partial charge in [-0.05, 0) is 38.5 Å². The average molecular weight is 1280 g/mol. The predicted octanol–water partition coefficient (Wildman–Crippen LogP) is 26.2. The number of phosphoric ester groups is 1. The van der Waals surface area contributed by atoms with Gasteiger partial charge in [0.05, 0.1) is 27.7 Å². The van der Waals surface area contributed by atoms with E-state index in [0.717, 1.165) is 38.5 Å². The van der Waals surface area contributed by atoms with E-state index in [1.165, 1.54) is 366 Å². The number of esters is 2. The third kappa shape index (κ3) is 75.7. The van der Waals surface area contributed by atoms with Crippen LogP contribution in [0.1, 0.15) is 431 Å².